The molecule has 1 saturated carbocycles. The van der Waals surface area contributed by atoms with Gasteiger partial charge in [0, 0.05) is 11.8 Å². The van der Waals surface area contributed by atoms with Crippen LogP contribution in [0.2, 0.25) is 0 Å². The van der Waals surface area contributed by atoms with Crippen molar-refractivity contribution in [2.45, 2.75) is 45.1 Å². The van der Waals surface area contributed by atoms with Crippen LogP contribution in [0.25, 0.3) is 0 Å². The van der Waals surface area contributed by atoms with E-state index in [2.05, 4.69) is 38.1 Å². The van der Waals surface area contributed by atoms with Gasteiger partial charge in [0.25, 0.3) is 0 Å². The Morgan fingerprint density at radius 2 is 1.83 bits per heavy atom. The summed E-state index contributed by atoms with van der Waals surface area (Å²) < 4.78 is 0. The van der Waals surface area contributed by atoms with Crippen LogP contribution in [0.1, 0.15) is 56.2 Å². The average molecular weight is 263 g/mol. The van der Waals surface area contributed by atoms with Crippen LogP contribution in [0.4, 0.5) is 0 Å². The standard InChI is InChI=1S/C16H25NS/c1-12(2)10-18-11-16(17)15-8-6-14(7-9-15)13-4-3-5-13/h6-9,12-13,16H,3-5,10-11,17H2,1-2H3. The third-order valence-electron chi connectivity index (χ3n) is 3.69. The summed E-state index contributed by atoms with van der Waals surface area (Å²) in [5.41, 5.74) is 9.03. The Hall–Kier alpha value is -0.470. The summed E-state index contributed by atoms with van der Waals surface area (Å²) in [5.74, 6) is 3.81. The lowest BCUT2D eigenvalue weighted by molar-refractivity contribution is 0.419. The molecule has 0 heterocycles. The first kappa shape index (κ1) is 14.0. The molecule has 2 rings (SSSR count). The zero-order valence-corrected chi connectivity index (χ0v) is 12.4. The molecule has 1 aromatic rings. The maximum absolute atomic E-state index is 6.23. The number of rotatable bonds is 6. The van der Waals surface area contributed by atoms with Crippen LogP contribution in [-0.4, -0.2) is 11.5 Å². The first-order chi connectivity index (χ1) is 8.66. The van der Waals surface area contributed by atoms with Crippen LogP contribution in [-0.2, 0) is 0 Å². The number of hydrogen-bond acceptors (Lipinski definition) is 2. The minimum Gasteiger partial charge on any atom is -0.323 e. The van der Waals surface area contributed by atoms with Gasteiger partial charge in [-0.3, -0.25) is 0 Å². The molecule has 0 spiro atoms. The SMILES string of the molecule is CC(C)CSCC(N)c1ccc(C2CCC2)cc1. The van der Waals surface area contributed by atoms with Gasteiger partial charge in [-0.05, 0) is 41.6 Å². The van der Waals surface area contributed by atoms with Gasteiger partial charge in [-0.25, -0.2) is 0 Å². The topological polar surface area (TPSA) is 26.0 Å². The first-order valence-corrected chi connectivity index (χ1v) is 8.25. The molecule has 0 aromatic heterocycles. The van der Waals surface area contributed by atoms with Gasteiger partial charge in [0.2, 0.25) is 0 Å². The molecule has 1 fully saturated rings. The summed E-state index contributed by atoms with van der Waals surface area (Å²) in [5, 5.41) is 0. The second-order valence-corrected chi connectivity index (χ2v) is 6.91. The zero-order valence-electron chi connectivity index (χ0n) is 11.6. The molecule has 0 saturated heterocycles. The van der Waals surface area contributed by atoms with E-state index in [4.69, 9.17) is 5.73 Å². The third-order valence-corrected chi connectivity index (χ3v) is 5.19. The molecule has 1 atom stereocenters. The molecule has 1 aliphatic rings. The Morgan fingerprint density at radius 3 is 2.33 bits per heavy atom. The highest BCUT2D eigenvalue weighted by molar-refractivity contribution is 7.99. The predicted octanol–water partition coefficient (Wildman–Crippen LogP) is 4.34. The lowest BCUT2D eigenvalue weighted by Crippen LogP contribution is -2.14. The molecule has 18 heavy (non-hydrogen) atoms. The summed E-state index contributed by atoms with van der Waals surface area (Å²) in [6.45, 7) is 4.51. The molecular formula is C16H25NS. The lowest BCUT2D eigenvalue weighted by Gasteiger charge is -2.26. The number of hydrogen-bond donors (Lipinski definition) is 1. The highest BCUT2D eigenvalue weighted by Crippen LogP contribution is 2.36. The van der Waals surface area contributed by atoms with Crippen LogP contribution < -0.4 is 5.73 Å². The van der Waals surface area contributed by atoms with Gasteiger partial charge in [-0.2, -0.15) is 11.8 Å². The van der Waals surface area contributed by atoms with E-state index in [0.29, 0.717) is 0 Å². The normalized spacial score (nSPS) is 17.8. The van der Waals surface area contributed by atoms with Gasteiger partial charge in [-0.1, -0.05) is 44.5 Å². The minimum atomic E-state index is 0.184. The van der Waals surface area contributed by atoms with Crippen molar-refractivity contribution in [3.05, 3.63) is 35.4 Å². The molecular weight excluding hydrogens is 238 g/mol. The molecule has 1 nitrogen and oxygen atoms in total. The zero-order chi connectivity index (χ0) is 13.0. The predicted molar refractivity (Wildman–Crippen MR) is 82.1 cm³/mol. The molecule has 2 heteroatoms. The highest BCUT2D eigenvalue weighted by Gasteiger charge is 2.19. The van der Waals surface area contributed by atoms with Gasteiger partial charge in [0.1, 0.15) is 0 Å². The quantitative estimate of drug-likeness (QED) is 0.826. The van der Waals surface area contributed by atoms with Gasteiger partial charge in [0.15, 0.2) is 0 Å². The lowest BCUT2D eigenvalue weighted by atomic mass is 9.80. The van der Waals surface area contributed by atoms with Crippen molar-refractivity contribution in [2.75, 3.05) is 11.5 Å². The Labute approximate surface area is 116 Å². The van der Waals surface area contributed by atoms with E-state index in [1.165, 1.54) is 36.1 Å². The van der Waals surface area contributed by atoms with Crippen LogP contribution in [0, 0.1) is 5.92 Å². The summed E-state index contributed by atoms with van der Waals surface area (Å²) in [7, 11) is 0. The minimum absolute atomic E-state index is 0.184. The van der Waals surface area contributed by atoms with E-state index in [9.17, 15) is 0 Å². The molecule has 0 amide bonds. The van der Waals surface area contributed by atoms with Crippen LogP contribution >= 0.6 is 11.8 Å². The van der Waals surface area contributed by atoms with Crippen LogP contribution in [0.5, 0.6) is 0 Å². The molecule has 0 aliphatic heterocycles. The Bertz CT molecular complexity index is 354. The van der Waals surface area contributed by atoms with Gasteiger partial charge in [-0.15, -0.1) is 0 Å². The summed E-state index contributed by atoms with van der Waals surface area (Å²) in [6.07, 6.45) is 4.14. The molecule has 0 bridgehead atoms. The fourth-order valence-corrected chi connectivity index (χ4v) is 3.34. The van der Waals surface area contributed by atoms with Crippen LogP contribution in [0.3, 0.4) is 0 Å². The van der Waals surface area contributed by atoms with Crippen molar-refractivity contribution < 1.29 is 0 Å². The smallest absolute Gasteiger partial charge is 0.0386 e. The van der Waals surface area contributed by atoms with E-state index < -0.39 is 0 Å². The van der Waals surface area contributed by atoms with Crippen molar-refractivity contribution in [1.82, 2.24) is 0 Å². The van der Waals surface area contributed by atoms with Gasteiger partial charge >= 0.3 is 0 Å². The highest BCUT2D eigenvalue weighted by atomic mass is 32.2. The summed E-state index contributed by atoms with van der Waals surface area (Å²) in [6, 6.07) is 9.21. The fraction of sp³-hybridized carbons (Fsp3) is 0.625. The van der Waals surface area contributed by atoms with Crippen molar-refractivity contribution in [1.29, 1.82) is 0 Å². The molecule has 1 unspecified atom stereocenters. The molecule has 0 radical (unpaired) electrons. The average Bonchev–Trinajstić information content (AvgIpc) is 2.27. The Balaban J connectivity index is 1.84. The number of nitrogens with two attached hydrogens (primary N) is 1. The van der Waals surface area contributed by atoms with Crippen molar-refractivity contribution >= 4 is 11.8 Å². The van der Waals surface area contributed by atoms with E-state index in [-0.39, 0.29) is 6.04 Å². The molecule has 100 valence electrons. The molecule has 1 aromatic carbocycles. The maximum atomic E-state index is 6.23. The molecule has 1 aliphatic carbocycles. The van der Waals surface area contributed by atoms with Crippen LogP contribution in [0.15, 0.2) is 24.3 Å². The third kappa shape index (κ3) is 3.76. The monoisotopic (exact) mass is 263 g/mol. The van der Waals surface area contributed by atoms with E-state index >= 15 is 0 Å². The fourth-order valence-electron chi connectivity index (χ4n) is 2.28. The Morgan fingerprint density at radius 1 is 1.17 bits per heavy atom. The van der Waals surface area contributed by atoms with Crippen molar-refractivity contribution in [3.8, 4) is 0 Å². The first-order valence-electron chi connectivity index (χ1n) is 7.10. The van der Waals surface area contributed by atoms with E-state index in [0.717, 1.165) is 17.6 Å². The maximum Gasteiger partial charge on any atom is 0.0386 e. The molecule has 2 N–H and O–H groups in total. The van der Waals surface area contributed by atoms with Crippen molar-refractivity contribution in [2.24, 2.45) is 11.7 Å². The summed E-state index contributed by atoms with van der Waals surface area (Å²) in [4.78, 5) is 0. The number of benzene rings is 1. The summed E-state index contributed by atoms with van der Waals surface area (Å²) >= 11 is 1.97. The van der Waals surface area contributed by atoms with E-state index in [1.807, 2.05) is 11.8 Å². The second-order valence-electron chi connectivity index (χ2n) is 5.83. The second kappa shape index (κ2) is 6.63. The van der Waals surface area contributed by atoms with Crippen molar-refractivity contribution in [3.63, 3.8) is 0 Å². The Kier molecular flexibility index (Phi) is 5.13. The van der Waals surface area contributed by atoms with Gasteiger partial charge in [0.05, 0.1) is 0 Å². The number of thioether (sulfide) groups is 1. The largest absolute Gasteiger partial charge is 0.323 e. The van der Waals surface area contributed by atoms with Gasteiger partial charge < -0.3 is 5.73 Å². The van der Waals surface area contributed by atoms with E-state index in [1.54, 1.807) is 0 Å².